The molecule has 30 heavy (non-hydrogen) atoms. The molecule has 2 heterocycles. The Bertz CT molecular complexity index is 1160. The Morgan fingerprint density at radius 3 is 2.67 bits per heavy atom. The van der Waals surface area contributed by atoms with Crippen molar-refractivity contribution in [2.24, 2.45) is 0 Å². The highest BCUT2D eigenvalue weighted by Crippen LogP contribution is 2.34. The lowest BCUT2D eigenvalue weighted by Gasteiger charge is -2.33. The van der Waals surface area contributed by atoms with Gasteiger partial charge in [0.25, 0.3) is 17.4 Å². The number of amides is 2. The third kappa shape index (κ3) is 3.30. The van der Waals surface area contributed by atoms with E-state index >= 15 is 0 Å². The molecule has 154 valence electrons. The van der Waals surface area contributed by atoms with Crippen LogP contribution in [0, 0.1) is 19.7 Å². The van der Waals surface area contributed by atoms with Crippen LogP contribution < -0.4 is 15.4 Å². The zero-order valence-corrected chi connectivity index (χ0v) is 16.8. The third-order valence-corrected chi connectivity index (χ3v) is 5.21. The summed E-state index contributed by atoms with van der Waals surface area (Å²) >= 11 is 0. The maximum Gasteiger partial charge on any atom is 0.278 e. The SMILES string of the molecule is Cc1nn(Cc2ccccc2F)c(C)c1NC(=O)C1(C)Oc2ccccc2NC1=O. The number of para-hydroxylation sites is 2. The molecule has 8 heteroatoms. The fourth-order valence-corrected chi connectivity index (χ4v) is 3.37. The first-order valence-electron chi connectivity index (χ1n) is 9.48. The molecule has 0 saturated heterocycles. The van der Waals surface area contributed by atoms with Crippen LogP contribution >= 0.6 is 0 Å². The summed E-state index contributed by atoms with van der Waals surface area (Å²) in [6.07, 6.45) is 0. The first-order chi connectivity index (χ1) is 14.3. The first-order valence-corrected chi connectivity index (χ1v) is 9.48. The molecule has 0 radical (unpaired) electrons. The molecule has 0 spiro atoms. The molecule has 1 unspecified atom stereocenters. The number of aromatic nitrogens is 2. The standard InChI is InChI=1S/C22H21FN4O3/c1-13-19(14(2)27(26-13)12-15-8-4-5-9-16(15)23)25-21(29)22(3)20(28)24-17-10-6-7-11-18(17)30-22/h4-11H,12H2,1-3H3,(H,24,28)(H,25,29). The van der Waals surface area contributed by atoms with Gasteiger partial charge >= 0.3 is 0 Å². The van der Waals surface area contributed by atoms with E-state index in [1.54, 1.807) is 61.0 Å². The van der Waals surface area contributed by atoms with Crippen LogP contribution in [0.4, 0.5) is 15.8 Å². The van der Waals surface area contributed by atoms with Gasteiger partial charge in [-0.25, -0.2) is 4.39 Å². The van der Waals surface area contributed by atoms with Crippen LogP contribution in [0.15, 0.2) is 48.5 Å². The molecule has 1 aliphatic heterocycles. The van der Waals surface area contributed by atoms with Gasteiger partial charge in [-0.3, -0.25) is 14.3 Å². The number of rotatable bonds is 4. The van der Waals surface area contributed by atoms with Crippen LogP contribution in [0.3, 0.4) is 0 Å². The Morgan fingerprint density at radius 2 is 1.90 bits per heavy atom. The highest BCUT2D eigenvalue weighted by Gasteiger charge is 2.47. The number of aryl methyl sites for hydroxylation is 1. The number of carbonyl (C=O) groups excluding carboxylic acids is 2. The minimum absolute atomic E-state index is 0.219. The summed E-state index contributed by atoms with van der Waals surface area (Å²) in [6, 6.07) is 13.4. The summed E-state index contributed by atoms with van der Waals surface area (Å²) in [6.45, 7) is 5.15. The number of anilines is 2. The van der Waals surface area contributed by atoms with Gasteiger partial charge in [-0.05, 0) is 39.0 Å². The van der Waals surface area contributed by atoms with Gasteiger partial charge in [0.05, 0.1) is 29.3 Å². The van der Waals surface area contributed by atoms with E-state index in [2.05, 4.69) is 15.7 Å². The quantitative estimate of drug-likeness (QED) is 0.648. The minimum atomic E-state index is -1.75. The van der Waals surface area contributed by atoms with E-state index in [0.29, 0.717) is 34.1 Å². The molecule has 1 atom stereocenters. The van der Waals surface area contributed by atoms with E-state index in [0.717, 1.165) is 0 Å². The maximum absolute atomic E-state index is 14.0. The fraction of sp³-hybridized carbons (Fsp3) is 0.227. The van der Waals surface area contributed by atoms with Crippen molar-refractivity contribution in [3.8, 4) is 5.75 Å². The molecular formula is C22H21FN4O3. The second-order valence-electron chi connectivity index (χ2n) is 7.33. The number of hydrogen-bond acceptors (Lipinski definition) is 4. The molecule has 0 saturated carbocycles. The van der Waals surface area contributed by atoms with Gasteiger partial charge in [0.1, 0.15) is 11.6 Å². The Labute approximate surface area is 172 Å². The zero-order valence-electron chi connectivity index (χ0n) is 16.8. The lowest BCUT2D eigenvalue weighted by Crippen LogP contribution is -2.56. The summed E-state index contributed by atoms with van der Waals surface area (Å²) in [7, 11) is 0. The molecule has 1 aliphatic rings. The summed E-state index contributed by atoms with van der Waals surface area (Å²) in [4.78, 5) is 25.6. The third-order valence-electron chi connectivity index (χ3n) is 5.21. The van der Waals surface area contributed by atoms with Crippen LogP contribution in [0.25, 0.3) is 0 Å². The molecule has 2 N–H and O–H groups in total. The average molecular weight is 408 g/mol. The lowest BCUT2D eigenvalue weighted by atomic mass is 10.0. The van der Waals surface area contributed by atoms with Crippen molar-refractivity contribution in [1.29, 1.82) is 0 Å². The minimum Gasteiger partial charge on any atom is -0.466 e. The summed E-state index contributed by atoms with van der Waals surface area (Å²) in [5, 5.41) is 9.89. The Balaban J connectivity index is 1.59. The topological polar surface area (TPSA) is 85.2 Å². The highest BCUT2D eigenvalue weighted by atomic mass is 19.1. The first kappa shape index (κ1) is 19.6. The van der Waals surface area contributed by atoms with Crippen molar-refractivity contribution in [2.45, 2.75) is 32.9 Å². The Kier molecular flexibility index (Phi) is 4.77. The average Bonchev–Trinajstić information content (AvgIpc) is 2.98. The molecule has 0 fully saturated rings. The second-order valence-corrected chi connectivity index (χ2v) is 7.33. The Morgan fingerprint density at radius 1 is 1.20 bits per heavy atom. The second kappa shape index (κ2) is 7.29. The normalized spacial score (nSPS) is 17.7. The number of carbonyl (C=O) groups is 2. The molecule has 3 aromatic rings. The van der Waals surface area contributed by atoms with Crippen LogP contribution in [0.2, 0.25) is 0 Å². The van der Waals surface area contributed by atoms with Gasteiger partial charge in [-0.15, -0.1) is 0 Å². The molecule has 4 rings (SSSR count). The van der Waals surface area contributed by atoms with Crippen molar-refractivity contribution in [1.82, 2.24) is 9.78 Å². The molecule has 0 aliphatic carbocycles. The van der Waals surface area contributed by atoms with Crippen LogP contribution in [-0.2, 0) is 16.1 Å². The molecule has 1 aromatic heterocycles. The van der Waals surface area contributed by atoms with Gasteiger partial charge in [0.2, 0.25) is 0 Å². The van der Waals surface area contributed by atoms with E-state index in [-0.39, 0.29) is 12.4 Å². The van der Waals surface area contributed by atoms with E-state index in [4.69, 9.17) is 4.74 Å². The molecular weight excluding hydrogens is 387 g/mol. The molecule has 2 aromatic carbocycles. The van der Waals surface area contributed by atoms with Crippen LogP contribution in [-0.4, -0.2) is 27.2 Å². The van der Waals surface area contributed by atoms with Gasteiger partial charge in [0.15, 0.2) is 0 Å². The number of halogens is 1. The summed E-state index contributed by atoms with van der Waals surface area (Å²) in [5.74, 6) is -1.09. The summed E-state index contributed by atoms with van der Waals surface area (Å²) < 4.78 is 21.4. The maximum atomic E-state index is 14.0. The number of hydrogen-bond donors (Lipinski definition) is 2. The fourth-order valence-electron chi connectivity index (χ4n) is 3.37. The van der Waals surface area contributed by atoms with Crippen molar-refractivity contribution in [3.63, 3.8) is 0 Å². The predicted molar refractivity (Wildman–Crippen MR) is 110 cm³/mol. The monoisotopic (exact) mass is 408 g/mol. The van der Waals surface area contributed by atoms with Gasteiger partial charge in [-0.1, -0.05) is 30.3 Å². The summed E-state index contributed by atoms with van der Waals surface area (Å²) in [5.41, 5.74) is 0.910. The van der Waals surface area contributed by atoms with Gasteiger partial charge in [-0.2, -0.15) is 5.10 Å². The molecule has 7 nitrogen and oxygen atoms in total. The number of benzene rings is 2. The number of fused-ring (bicyclic) bond motifs is 1. The van der Waals surface area contributed by atoms with Gasteiger partial charge in [0, 0.05) is 5.56 Å². The van der Waals surface area contributed by atoms with Crippen molar-refractivity contribution >= 4 is 23.2 Å². The van der Waals surface area contributed by atoms with Crippen molar-refractivity contribution in [3.05, 3.63) is 71.3 Å². The van der Waals surface area contributed by atoms with Gasteiger partial charge < -0.3 is 15.4 Å². The van der Waals surface area contributed by atoms with E-state index in [1.165, 1.54) is 13.0 Å². The number of nitrogens with one attached hydrogen (secondary N) is 2. The van der Waals surface area contributed by atoms with Crippen molar-refractivity contribution < 1.29 is 18.7 Å². The molecule has 0 bridgehead atoms. The number of nitrogens with zero attached hydrogens (tertiary/aromatic N) is 2. The highest BCUT2D eigenvalue weighted by molar-refractivity contribution is 6.19. The van der Waals surface area contributed by atoms with E-state index in [1.807, 2.05) is 0 Å². The van der Waals surface area contributed by atoms with Crippen molar-refractivity contribution in [2.75, 3.05) is 10.6 Å². The Hall–Kier alpha value is -3.68. The smallest absolute Gasteiger partial charge is 0.278 e. The van der Waals surface area contributed by atoms with Crippen LogP contribution in [0.1, 0.15) is 23.9 Å². The lowest BCUT2D eigenvalue weighted by molar-refractivity contribution is -0.143. The van der Waals surface area contributed by atoms with E-state index < -0.39 is 17.4 Å². The number of ether oxygens (including phenoxy) is 1. The largest absolute Gasteiger partial charge is 0.466 e. The molecule has 2 amide bonds. The van der Waals surface area contributed by atoms with E-state index in [9.17, 15) is 14.0 Å². The van der Waals surface area contributed by atoms with Crippen LogP contribution in [0.5, 0.6) is 5.75 Å². The predicted octanol–water partition coefficient (Wildman–Crippen LogP) is 3.42. The zero-order chi connectivity index (χ0) is 21.5.